The molecule has 19 N–H and O–H groups in total. The Kier molecular flexibility index (Phi) is 38.9. The van der Waals surface area contributed by atoms with Crippen LogP contribution in [-0.4, -0.2) is 210 Å². The van der Waals surface area contributed by atoms with Crippen molar-refractivity contribution in [3.05, 3.63) is 0 Å². The molecular formula is C54H102N17O11P. The van der Waals surface area contributed by atoms with E-state index in [0.717, 1.165) is 77.5 Å². The van der Waals surface area contributed by atoms with E-state index >= 15 is 0 Å². The van der Waals surface area contributed by atoms with E-state index in [1.165, 1.54) is 24.9 Å². The van der Waals surface area contributed by atoms with E-state index in [4.69, 9.17) is 28.7 Å². The number of alkyl carbamates (subject to hydrolysis) is 1. The van der Waals surface area contributed by atoms with Crippen molar-refractivity contribution in [1.82, 2.24) is 57.7 Å². The Morgan fingerprint density at radius 1 is 0.482 bits per heavy atom. The number of ether oxygens (including phenoxy) is 1. The SMILES string of the molecule is CN=PC.COC(=O)NCCC(=O)N(CC(=O)NCCCCC(NC1CC1)C(N)=O)CC(=O)NCCCCC(NC1CC1)C(N)=O.NCCC(=O)N(CC(=O)NCCCCC(CN)NC1CC1)CC(=O)NCCCCC(NC1CC1)C(N)=O. The van der Waals surface area contributed by atoms with Crippen molar-refractivity contribution in [1.29, 1.82) is 0 Å². The molecule has 4 fully saturated rings. The molecule has 4 atom stereocenters. The van der Waals surface area contributed by atoms with Gasteiger partial charge >= 0.3 is 6.09 Å². The minimum absolute atomic E-state index is 0.0168. The van der Waals surface area contributed by atoms with Crippen LogP contribution in [0.25, 0.3) is 0 Å². The van der Waals surface area contributed by atoms with E-state index in [1.54, 1.807) is 7.05 Å². The molecule has 0 aromatic rings. The topological polar surface area (TPSA) is 437 Å². The first kappa shape index (κ1) is 73.5. The van der Waals surface area contributed by atoms with Crippen LogP contribution in [0.4, 0.5) is 4.79 Å². The number of rotatable bonds is 45. The summed E-state index contributed by atoms with van der Waals surface area (Å²) in [6.07, 6.45) is 16.5. The van der Waals surface area contributed by atoms with Gasteiger partial charge in [-0.2, -0.15) is 0 Å². The smallest absolute Gasteiger partial charge is 0.406 e. The Balaban J connectivity index is 0.000000536. The van der Waals surface area contributed by atoms with Crippen LogP contribution in [0.5, 0.6) is 0 Å². The summed E-state index contributed by atoms with van der Waals surface area (Å²) in [5, 5.41) is 26.7. The predicted octanol–water partition coefficient (Wildman–Crippen LogP) is -1.86. The number of carbonyl (C=O) groups excluding carboxylic acids is 10. The van der Waals surface area contributed by atoms with Crippen molar-refractivity contribution in [3.8, 4) is 0 Å². The first-order valence-electron chi connectivity index (χ1n) is 29.8. The molecule has 0 bridgehead atoms. The van der Waals surface area contributed by atoms with E-state index in [1.807, 2.05) is 6.66 Å². The quantitative estimate of drug-likeness (QED) is 0.0235. The van der Waals surface area contributed by atoms with Crippen LogP contribution in [0, 0.1) is 0 Å². The molecule has 0 aromatic carbocycles. The molecule has 0 aromatic heterocycles. The molecule has 28 nitrogen and oxygen atoms in total. The molecular weight excluding hydrogens is 1090 g/mol. The zero-order valence-electron chi connectivity index (χ0n) is 49.6. The molecule has 4 saturated carbocycles. The van der Waals surface area contributed by atoms with Crippen LogP contribution < -0.4 is 76.5 Å². The maximum atomic E-state index is 12.8. The lowest BCUT2D eigenvalue weighted by Crippen LogP contribution is -2.46. The van der Waals surface area contributed by atoms with E-state index in [2.05, 4.69) is 57.3 Å². The summed E-state index contributed by atoms with van der Waals surface area (Å²) in [4.78, 5) is 124. The Hall–Kier alpha value is -5.64. The molecule has 474 valence electrons. The number of unbranched alkanes of at least 4 members (excludes halogenated alkanes) is 4. The molecule has 4 aliphatic rings. The van der Waals surface area contributed by atoms with E-state index in [9.17, 15) is 47.9 Å². The molecule has 0 aliphatic heterocycles. The zero-order valence-corrected chi connectivity index (χ0v) is 50.5. The third kappa shape index (κ3) is 38.8. The van der Waals surface area contributed by atoms with Gasteiger partial charge in [0.15, 0.2) is 0 Å². The minimum atomic E-state index is -0.693. The van der Waals surface area contributed by atoms with Crippen LogP contribution in [-0.2, 0) is 47.9 Å². The fraction of sp³-hybridized carbons (Fsp3) is 0.815. The largest absolute Gasteiger partial charge is 0.453 e. The van der Waals surface area contributed by atoms with Crippen molar-refractivity contribution in [2.45, 2.75) is 190 Å². The monoisotopic (exact) mass is 1200 g/mol. The fourth-order valence-corrected chi connectivity index (χ4v) is 8.39. The number of methoxy groups -OCH3 is 1. The van der Waals surface area contributed by atoms with Crippen molar-refractivity contribution in [3.63, 3.8) is 0 Å². The summed E-state index contributed by atoms with van der Waals surface area (Å²) in [6.45, 7) is 3.28. The lowest BCUT2D eigenvalue weighted by molar-refractivity contribution is -0.139. The molecule has 0 saturated heterocycles. The van der Waals surface area contributed by atoms with Gasteiger partial charge in [0.2, 0.25) is 53.2 Å². The van der Waals surface area contributed by atoms with Gasteiger partial charge in [0, 0.05) is 95.9 Å². The number of nitrogens with one attached hydrogen (secondary N) is 9. The van der Waals surface area contributed by atoms with Crippen LogP contribution in [0.2, 0.25) is 0 Å². The molecule has 0 radical (unpaired) electrons. The predicted molar refractivity (Wildman–Crippen MR) is 317 cm³/mol. The average Bonchev–Trinajstić information content (AvgIpc) is 4.21. The lowest BCUT2D eigenvalue weighted by Gasteiger charge is -2.22. The molecule has 29 heteroatoms. The molecule has 83 heavy (non-hydrogen) atoms. The minimum Gasteiger partial charge on any atom is -0.453 e. The summed E-state index contributed by atoms with van der Waals surface area (Å²) in [6, 6.07) is 0.922. The lowest BCUT2D eigenvalue weighted by atomic mass is 10.1. The molecule has 0 spiro atoms. The highest BCUT2D eigenvalue weighted by molar-refractivity contribution is 7.25. The normalized spacial score (nSPS) is 15.8. The van der Waals surface area contributed by atoms with Crippen molar-refractivity contribution >= 4 is 67.6 Å². The number of hydrogen-bond donors (Lipinski definition) is 14. The van der Waals surface area contributed by atoms with Gasteiger partial charge in [0.05, 0.1) is 25.2 Å². The third-order valence-corrected chi connectivity index (χ3v) is 14.2. The van der Waals surface area contributed by atoms with Crippen molar-refractivity contribution < 1.29 is 52.7 Å². The second-order valence-corrected chi connectivity index (χ2v) is 22.4. The van der Waals surface area contributed by atoms with Gasteiger partial charge in [-0.1, -0.05) is 6.42 Å². The van der Waals surface area contributed by atoms with Crippen molar-refractivity contribution in [2.75, 3.05) is 92.8 Å². The van der Waals surface area contributed by atoms with Gasteiger partial charge in [0.25, 0.3) is 0 Å². The van der Waals surface area contributed by atoms with Crippen LogP contribution >= 0.6 is 8.37 Å². The first-order chi connectivity index (χ1) is 39.8. The molecule has 4 aliphatic carbocycles. The zero-order chi connectivity index (χ0) is 61.4. The highest BCUT2D eigenvalue weighted by Gasteiger charge is 2.30. The second-order valence-electron chi connectivity index (χ2n) is 21.6. The first-order valence-corrected chi connectivity index (χ1v) is 31.1. The van der Waals surface area contributed by atoms with Gasteiger partial charge in [-0.05, 0) is 137 Å². The number of carbonyl (C=O) groups is 10. The van der Waals surface area contributed by atoms with E-state index < -0.39 is 23.8 Å². The molecule has 4 rings (SSSR count). The van der Waals surface area contributed by atoms with E-state index in [-0.39, 0.29) is 106 Å². The highest BCUT2D eigenvalue weighted by atomic mass is 31.1. The molecule has 10 amide bonds. The van der Waals surface area contributed by atoms with Gasteiger partial charge in [0.1, 0.15) is 26.2 Å². The Labute approximate surface area is 492 Å². The Morgan fingerprint density at radius 3 is 1.07 bits per heavy atom. The van der Waals surface area contributed by atoms with Gasteiger partial charge in [-0.25, -0.2) is 4.79 Å². The standard InChI is InChI=1S/C27H48N8O7.C25H48N8O4.C2H6NP/c1-42-27(41)32-15-12-24(38)35(16-22(36)30-13-4-2-6-20(25(28)39)33-18-8-9-18)17-23(37)31-14-5-3-7-21(26(29)40)34-19-10-11-19;26-12-11-24(36)33(16-22(34)29-13-3-1-5-20(15-27)31-18-7-8-18)17-23(35)30-14-4-2-6-21(25(28)37)32-19-9-10-19;1-3-4-2/h18-21,33-34H,2-17H2,1H3,(H2,28,39)(H2,29,40)(H,30,36)(H,31,37)(H,32,41);18-21,31-32H,1-17,26-27H2,(H2,28,37)(H,29,34)(H,30,35);1-2H3. The summed E-state index contributed by atoms with van der Waals surface area (Å²) < 4.78 is 8.20. The molecule has 0 heterocycles. The number of nitrogens with zero attached hydrogens (tertiary/aromatic N) is 3. The van der Waals surface area contributed by atoms with Crippen LogP contribution in [0.3, 0.4) is 0 Å². The second kappa shape index (κ2) is 43.9. The fourth-order valence-electron chi connectivity index (χ4n) is 8.39. The van der Waals surface area contributed by atoms with E-state index in [0.29, 0.717) is 114 Å². The maximum absolute atomic E-state index is 12.8. The summed E-state index contributed by atoms with van der Waals surface area (Å²) in [7, 11) is 4.12. The summed E-state index contributed by atoms with van der Waals surface area (Å²) in [5.74, 6) is -3.44. The van der Waals surface area contributed by atoms with Gasteiger partial charge in [-0.15, -0.1) is 0 Å². The third-order valence-electron chi connectivity index (χ3n) is 13.8. The maximum Gasteiger partial charge on any atom is 0.406 e. The number of amides is 10. The Morgan fingerprint density at radius 2 is 0.795 bits per heavy atom. The molecule has 4 unspecified atom stereocenters. The summed E-state index contributed by atoms with van der Waals surface area (Å²) >= 11 is 0. The number of nitrogens with two attached hydrogens (primary N) is 5. The number of hydrogen-bond acceptors (Lipinski definition) is 18. The number of primary amides is 3. The van der Waals surface area contributed by atoms with Crippen LogP contribution in [0.1, 0.15) is 141 Å². The van der Waals surface area contributed by atoms with Gasteiger partial charge in [-0.3, -0.25) is 47.9 Å². The Bertz CT molecular complexity index is 1950. The van der Waals surface area contributed by atoms with Crippen LogP contribution in [0.15, 0.2) is 4.74 Å². The van der Waals surface area contributed by atoms with Crippen molar-refractivity contribution in [2.24, 2.45) is 33.4 Å². The average molecular weight is 1200 g/mol. The summed E-state index contributed by atoms with van der Waals surface area (Å²) in [5.41, 5.74) is 27.7. The van der Waals surface area contributed by atoms with Gasteiger partial charge < -0.3 is 91.1 Å². The highest BCUT2D eigenvalue weighted by Crippen LogP contribution is 2.22.